The van der Waals surface area contributed by atoms with Crippen LogP contribution < -0.4 is 4.90 Å². The second-order valence-electron chi connectivity index (χ2n) is 7.61. The van der Waals surface area contributed by atoms with Crippen LogP contribution in [0.2, 0.25) is 0 Å². The maximum absolute atomic E-state index is 4.53. The minimum Gasteiger partial charge on any atom is -0.358 e. The fourth-order valence-electron chi connectivity index (χ4n) is 4.50. The summed E-state index contributed by atoms with van der Waals surface area (Å²) < 4.78 is 0. The molecule has 5 rings (SSSR count). The molecule has 1 N–H and O–H groups in total. The molecule has 3 aromatic heterocycles. The van der Waals surface area contributed by atoms with Crippen LogP contribution in [-0.4, -0.2) is 46.0 Å². The summed E-state index contributed by atoms with van der Waals surface area (Å²) in [5.74, 6) is 1.06. The highest BCUT2D eigenvalue weighted by Gasteiger charge is 2.30. The maximum Gasteiger partial charge on any atom is 0.128 e. The van der Waals surface area contributed by atoms with Crippen LogP contribution >= 0.6 is 0 Å². The van der Waals surface area contributed by atoms with Crippen molar-refractivity contribution in [3.8, 4) is 0 Å². The van der Waals surface area contributed by atoms with E-state index >= 15 is 0 Å². The molecular weight excluding hydrogens is 358 g/mol. The van der Waals surface area contributed by atoms with Crippen LogP contribution in [0, 0.1) is 6.92 Å². The Hall–Kier alpha value is -3.18. The molecule has 0 aliphatic carbocycles. The number of anilines is 1. The molecule has 0 bridgehead atoms. The van der Waals surface area contributed by atoms with Gasteiger partial charge in [-0.1, -0.05) is 30.3 Å². The van der Waals surface area contributed by atoms with Gasteiger partial charge in [-0.25, -0.2) is 4.98 Å². The van der Waals surface area contributed by atoms with E-state index in [-0.39, 0.29) is 6.04 Å². The molecule has 146 valence electrons. The fraction of sp³-hybridized carbons (Fsp3) is 0.250. The van der Waals surface area contributed by atoms with Gasteiger partial charge < -0.3 is 9.88 Å². The van der Waals surface area contributed by atoms with Gasteiger partial charge in [0.05, 0.1) is 6.04 Å². The molecule has 1 aliphatic heterocycles. The first-order valence-electron chi connectivity index (χ1n) is 10.2. The molecule has 5 nitrogen and oxygen atoms in total. The number of benzene rings is 1. The first kappa shape index (κ1) is 17.9. The SMILES string of the molecule is Cc1[nH]c2ccccc2c1[C@@H](c1cccnc1)N1CCN(c2ccccn2)CC1. The normalized spacial score (nSPS) is 16.2. The first-order chi connectivity index (χ1) is 14.3. The van der Waals surface area contributed by atoms with Crippen LogP contribution in [0.1, 0.15) is 22.9 Å². The van der Waals surface area contributed by atoms with Gasteiger partial charge in [-0.15, -0.1) is 0 Å². The zero-order chi connectivity index (χ0) is 19.6. The van der Waals surface area contributed by atoms with E-state index < -0.39 is 0 Å². The molecule has 29 heavy (non-hydrogen) atoms. The largest absolute Gasteiger partial charge is 0.358 e. The van der Waals surface area contributed by atoms with Crippen LogP contribution in [0.25, 0.3) is 10.9 Å². The van der Waals surface area contributed by atoms with E-state index in [1.807, 2.05) is 30.7 Å². The highest BCUT2D eigenvalue weighted by molar-refractivity contribution is 5.85. The van der Waals surface area contributed by atoms with E-state index in [9.17, 15) is 0 Å². The summed E-state index contributed by atoms with van der Waals surface area (Å²) in [5.41, 5.74) is 5.03. The van der Waals surface area contributed by atoms with E-state index in [0.29, 0.717) is 0 Å². The fourth-order valence-corrected chi connectivity index (χ4v) is 4.50. The summed E-state index contributed by atoms with van der Waals surface area (Å²) in [6.45, 7) is 6.08. The Bertz CT molecular complexity index is 1080. The topological polar surface area (TPSA) is 48.1 Å². The van der Waals surface area contributed by atoms with Gasteiger partial charge in [0.25, 0.3) is 0 Å². The summed E-state index contributed by atoms with van der Waals surface area (Å²) in [4.78, 5) is 17.5. The first-order valence-corrected chi connectivity index (χ1v) is 10.2. The Balaban J connectivity index is 1.50. The van der Waals surface area contributed by atoms with Gasteiger partial charge in [-0.05, 0) is 36.8 Å². The van der Waals surface area contributed by atoms with Crippen molar-refractivity contribution in [2.24, 2.45) is 0 Å². The lowest BCUT2D eigenvalue weighted by Crippen LogP contribution is -2.48. The Morgan fingerprint density at radius 3 is 2.48 bits per heavy atom. The number of hydrogen-bond acceptors (Lipinski definition) is 4. The third-order valence-electron chi connectivity index (χ3n) is 5.87. The highest BCUT2D eigenvalue weighted by atomic mass is 15.3. The van der Waals surface area contributed by atoms with Gasteiger partial charge in [0.2, 0.25) is 0 Å². The number of hydrogen-bond donors (Lipinski definition) is 1. The molecule has 1 aromatic carbocycles. The second kappa shape index (κ2) is 7.68. The average molecular weight is 383 g/mol. The number of para-hydroxylation sites is 1. The van der Waals surface area contributed by atoms with E-state index in [1.54, 1.807) is 0 Å². The Morgan fingerprint density at radius 2 is 1.72 bits per heavy atom. The van der Waals surface area contributed by atoms with Crippen molar-refractivity contribution in [1.82, 2.24) is 19.9 Å². The summed E-state index contributed by atoms with van der Waals surface area (Å²) >= 11 is 0. The van der Waals surface area contributed by atoms with Crippen molar-refractivity contribution in [2.45, 2.75) is 13.0 Å². The summed E-state index contributed by atoms with van der Waals surface area (Å²) in [5, 5.41) is 1.30. The van der Waals surface area contributed by atoms with E-state index in [2.05, 4.69) is 74.1 Å². The third kappa shape index (κ3) is 3.38. The molecule has 0 saturated carbocycles. The van der Waals surface area contributed by atoms with Crippen LogP contribution in [0.4, 0.5) is 5.82 Å². The molecular formula is C24H25N5. The number of fused-ring (bicyclic) bond motifs is 1. The van der Waals surface area contributed by atoms with Crippen LogP contribution in [0.15, 0.2) is 73.2 Å². The number of H-pyrrole nitrogens is 1. The van der Waals surface area contributed by atoms with Gasteiger partial charge in [0.15, 0.2) is 0 Å². The molecule has 1 fully saturated rings. The zero-order valence-electron chi connectivity index (χ0n) is 16.6. The maximum atomic E-state index is 4.53. The molecule has 0 radical (unpaired) electrons. The van der Waals surface area contributed by atoms with Crippen molar-refractivity contribution in [1.29, 1.82) is 0 Å². The van der Waals surface area contributed by atoms with Gasteiger partial charge in [0, 0.05) is 66.9 Å². The standard InChI is InChI=1S/C24H25N5/c1-18-23(20-8-2-3-9-21(20)27-18)24(19-7-6-11-25-17-19)29-15-13-28(14-16-29)22-10-4-5-12-26-22/h2-12,17,24,27H,13-16H2,1H3/t24-/m1/s1. The van der Waals surface area contributed by atoms with Crippen molar-refractivity contribution in [3.63, 3.8) is 0 Å². The lowest BCUT2D eigenvalue weighted by Gasteiger charge is -2.40. The van der Waals surface area contributed by atoms with E-state index in [0.717, 1.165) is 32.0 Å². The molecule has 5 heteroatoms. The number of pyridine rings is 2. The summed E-state index contributed by atoms with van der Waals surface area (Å²) in [7, 11) is 0. The van der Waals surface area contributed by atoms with E-state index in [4.69, 9.17) is 0 Å². The Labute approximate surface area is 171 Å². The van der Waals surface area contributed by atoms with Gasteiger partial charge in [0.1, 0.15) is 5.82 Å². The predicted molar refractivity (Wildman–Crippen MR) is 117 cm³/mol. The van der Waals surface area contributed by atoms with Gasteiger partial charge in [-0.3, -0.25) is 9.88 Å². The lowest BCUT2D eigenvalue weighted by molar-refractivity contribution is 0.212. The Kier molecular flexibility index (Phi) is 4.74. The van der Waals surface area contributed by atoms with Crippen LogP contribution in [0.3, 0.4) is 0 Å². The number of nitrogens with zero attached hydrogens (tertiary/aromatic N) is 4. The highest BCUT2D eigenvalue weighted by Crippen LogP contribution is 2.36. The Morgan fingerprint density at radius 1 is 0.897 bits per heavy atom. The smallest absolute Gasteiger partial charge is 0.128 e. The number of nitrogens with one attached hydrogen (secondary N) is 1. The minimum absolute atomic E-state index is 0.186. The second-order valence-corrected chi connectivity index (χ2v) is 7.61. The third-order valence-corrected chi connectivity index (χ3v) is 5.87. The molecule has 0 amide bonds. The van der Waals surface area contributed by atoms with Crippen LogP contribution in [0.5, 0.6) is 0 Å². The van der Waals surface area contributed by atoms with Gasteiger partial charge in [-0.2, -0.15) is 0 Å². The van der Waals surface area contributed by atoms with Gasteiger partial charge >= 0.3 is 0 Å². The number of rotatable bonds is 4. The zero-order valence-corrected chi connectivity index (χ0v) is 16.6. The van der Waals surface area contributed by atoms with Crippen molar-refractivity contribution < 1.29 is 0 Å². The van der Waals surface area contributed by atoms with Crippen molar-refractivity contribution in [3.05, 3.63) is 90.0 Å². The van der Waals surface area contributed by atoms with Crippen molar-refractivity contribution in [2.75, 3.05) is 31.1 Å². The molecule has 4 heterocycles. The predicted octanol–water partition coefficient (Wildman–Crippen LogP) is 4.18. The summed E-state index contributed by atoms with van der Waals surface area (Å²) in [6.07, 6.45) is 5.73. The lowest BCUT2D eigenvalue weighted by atomic mass is 9.95. The summed E-state index contributed by atoms with van der Waals surface area (Å²) in [6, 6.07) is 19.1. The quantitative estimate of drug-likeness (QED) is 0.574. The molecule has 1 atom stereocenters. The molecule has 1 aliphatic rings. The molecule has 1 saturated heterocycles. The molecule has 0 spiro atoms. The average Bonchev–Trinajstić information content (AvgIpc) is 3.12. The van der Waals surface area contributed by atoms with E-state index in [1.165, 1.54) is 27.7 Å². The minimum atomic E-state index is 0.186. The number of aryl methyl sites for hydroxylation is 1. The van der Waals surface area contributed by atoms with Crippen molar-refractivity contribution >= 4 is 16.7 Å². The number of piperazine rings is 1. The number of aromatic amines is 1. The molecule has 0 unspecified atom stereocenters. The number of aromatic nitrogens is 3. The molecule has 4 aromatic rings. The van der Waals surface area contributed by atoms with Crippen LogP contribution in [-0.2, 0) is 0 Å². The monoisotopic (exact) mass is 383 g/mol.